The van der Waals surface area contributed by atoms with Gasteiger partial charge in [-0.1, -0.05) is 20.8 Å². The minimum Gasteiger partial charge on any atom is -0.466 e. The Labute approximate surface area is 123 Å². The van der Waals surface area contributed by atoms with E-state index in [1.807, 2.05) is 20.8 Å². The van der Waals surface area contributed by atoms with Crippen LogP contribution in [0.25, 0.3) is 0 Å². The summed E-state index contributed by atoms with van der Waals surface area (Å²) >= 11 is 0. The first-order valence-corrected chi connectivity index (χ1v) is 6.30. The second kappa shape index (κ2) is 8.89. The Morgan fingerprint density at radius 3 is 2.05 bits per heavy atom. The molecule has 0 spiro atoms. The minimum absolute atomic E-state index is 0.112. The first kappa shape index (κ1) is 18.8. The van der Waals surface area contributed by atoms with Crippen molar-refractivity contribution in [1.82, 2.24) is 0 Å². The zero-order valence-electron chi connectivity index (χ0n) is 12.6. The number of rotatable bonds is 6. The molecule has 0 N–H and O–H groups in total. The predicted molar refractivity (Wildman–Crippen MR) is 71.9 cm³/mol. The van der Waals surface area contributed by atoms with Gasteiger partial charge < -0.3 is 14.2 Å². The summed E-state index contributed by atoms with van der Waals surface area (Å²) in [6.07, 6.45) is 1.64. The molecule has 118 valence electrons. The van der Waals surface area contributed by atoms with Gasteiger partial charge in [0.1, 0.15) is 6.61 Å². The van der Waals surface area contributed by atoms with E-state index in [2.05, 4.69) is 14.2 Å². The van der Waals surface area contributed by atoms with E-state index in [1.165, 1.54) is 7.11 Å². The maximum atomic E-state index is 11.4. The van der Waals surface area contributed by atoms with Crippen LogP contribution in [0, 0.1) is 5.41 Å². The maximum absolute atomic E-state index is 11.4. The van der Waals surface area contributed by atoms with Gasteiger partial charge in [0, 0.05) is 12.2 Å². The maximum Gasteiger partial charge on any atom is 0.331 e. The number of carbonyl (C=O) groups is 4. The van der Waals surface area contributed by atoms with Gasteiger partial charge in [0.25, 0.3) is 0 Å². The molecule has 0 amide bonds. The van der Waals surface area contributed by atoms with E-state index in [4.69, 9.17) is 0 Å². The first-order valence-electron chi connectivity index (χ1n) is 6.30. The summed E-state index contributed by atoms with van der Waals surface area (Å²) in [5.74, 6) is -2.88. The van der Waals surface area contributed by atoms with Gasteiger partial charge in [0.2, 0.25) is 0 Å². The Kier molecular flexibility index (Phi) is 7.96. The third-order valence-corrected chi connectivity index (χ3v) is 2.01. The van der Waals surface area contributed by atoms with Crippen LogP contribution in [-0.4, -0.2) is 37.6 Å². The molecule has 7 heteroatoms. The molecule has 0 rings (SSSR count). The van der Waals surface area contributed by atoms with E-state index in [0.717, 1.165) is 12.2 Å². The molecule has 0 aliphatic carbocycles. The van der Waals surface area contributed by atoms with Crippen molar-refractivity contribution in [2.75, 3.05) is 13.7 Å². The van der Waals surface area contributed by atoms with Crippen molar-refractivity contribution < 1.29 is 33.4 Å². The molecule has 21 heavy (non-hydrogen) atoms. The van der Waals surface area contributed by atoms with Gasteiger partial charge in [-0.15, -0.1) is 0 Å². The van der Waals surface area contributed by atoms with Gasteiger partial charge in [-0.3, -0.25) is 9.59 Å². The molecule has 0 atom stereocenters. The molecule has 0 aromatic rings. The molecule has 0 saturated carbocycles. The highest BCUT2D eigenvalue weighted by atomic mass is 16.6. The molecule has 0 aromatic carbocycles. The van der Waals surface area contributed by atoms with E-state index < -0.39 is 23.9 Å². The standard InChI is InChI=1S/C14H20O7/c1-14(2,3)9-13(18)21-12(17)7-8-20-11(16)6-5-10(15)19-4/h5-6H,7-9H2,1-4H3/b6-5+. The van der Waals surface area contributed by atoms with E-state index in [9.17, 15) is 19.2 Å². The van der Waals surface area contributed by atoms with E-state index in [1.54, 1.807) is 0 Å². The van der Waals surface area contributed by atoms with E-state index >= 15 is 0 Å². The number of esters is 4. The lowest BCUT2D eigenvalue weighted by atomic mass is 9.92. The number of ether oxygens (including phenoxy) is 3. The van der Waals surface area contributed by atoms with Crippen LogP contribution in [0.5, 0.6) is 0 Å². The summed E-state index contributed by atoms with van der Waals surface area (Å²) in [5, 5.41) is 0. The molecule has 0 aromatic heterocycles. The Hall–Kier alpha value is -2.18. The molecule has 0 radical (unpaired) electrons. The SMILES string of the molecule is COC(=O)/C=C/C(=O)OCCC(=O)OC(=O)CC(C)(C)C. The van der Waals surface area contributed by atoms with Gasteiger partial charge in [0.15, 0.2) is 0 Å². The third kappa shape index (κ3) is 11.4. The van der Waals surface area contributed by atoms with Crippen LogP contribution in [0.4, 0.5) is 0 Å². The summed E-state index contributed by atoms with van der Waals surface area (Å²) in [6.45, 7) is 5.28. The van der Waals surface area contributed by atoms with Crippen molar-refractivity contribution in [3.05, 3.63) is 12.2 Å². The minimum atomic E-state index is -0.797. The first-order chi connectivity index (χ1) is 9.64. The Balaban J connectivity index is 3.95. The largest absolute Gasteiger partial charge is 0.466 e. The molecular weight excluding hydrogens is 280 g/mol. The van der Waals surface area contributed by atoms with Crippen molar-refractivity contribution in [2.45, 2.75) is 33.6 Å². The number of carbonyl (C=O) groups excluding carboxylic acids is 4. The molecule has 7 nitrogen and oxygen atoms in total. The lowest BCUT2D eigenvalue weighted by molar-refractivity contribution is -0.161. The third-order valence-electron chi connectivity index (χ3n) is 2.01. The second-order valence-electron chi connectivity index (χ2n) is 5.36. The fourth-order valence-corrected chi connectivity index (χ4v) is 1.13. The highest BCUT2D eigenvalue weighted by Gasteiger charge is 2.19. The second-order valence-corrected chi connectivity index (χ2v) is 5.36. The Morgan fingerprint density at radius 1 is 0.952 bits per heavy atom. The number of hydrogen-bond donors (Lipinski definition) is 0. The number of hydrogen-bond acceptors (Lipinski definition) is 7. The Morgan fingerprint density at radius 2 is 1.52 bits per heavy atom. The van der Waals surface area contributed by atoms with Crippen LogP contribution in [-0.2, 0) is 33.4 Å². The number of methoxy groups -OCH3 is 1. The normalized spacial score (nSPS) is 11.0. The zero-order valence-corrected chi connectivity index (χ0v) is 12.6. The highest BCUT2D eigenvalue weighted by Crippen LogP contribution is 2.18. The van der Waals surface area contributed by atoms with E-state index in [-0.39, 0.29) is 24.9 Å². The van der Waals surface area contributed by atoms with Crippen LogP contribution < -0.4 is 0 Å². The van der Waals surface area contributed by atoms with Crippen molar-refractivity contribution in [3.8, 4) is 0 Å². The van der Waals surface area contributed by atoms with Crippen molar-refractivity contribution in [2.24, 2.45) is 5.41 Å². The van der Waals surface area contributed by atoms with Gasteiger partial charge in [-0.25, -0.2) is 9.59 Å². The quantitative estimate of drug-likeness (QED) is 0.314. The fourth-order valence-electron chi connectivity index (χ4n) is 1.13. The molecule has 0 heterocycles. The topological polar surface area (TPSA) is 96.0 Å². The predicted octanol–water partition coefficient (Wildman–Crippen LogP) is 1.15. The summed E-state index contributed by atoms with van der Waals surface area (Å²) in [7, 11) is 1.17. The average Bonchev–Trinajstić information content (AvgIpc) is 2.33. The molecular formula is C14H20O7. The van der Waals surface area contributed by atoms with Crippen LogP contribution in [0.1, 0.15) is 33.6 Å². The monoisotopic (exact) mass is 300 g/mol. The van der Waals surface area contributed by atoms with Gasteiger partial charge in [-0.05, 0) is 5.41 Å². The lowest BCUT2D eigenvalue weighted by Crippen LogP contribution is -2.20. The molecule has 0 fully saturated rings. The molecule has 0 unspecified atom stereocenters. The Bertz CT molecular complexity index is 429. The van der Waals surface area contributed by atoms with Crippen molar-refractivity contribution in [3.63, 3.8) is 0 Å². The smallest absolute Gasteiger partial charge is 0.331 e. The van der Waals surface area contributed by atoms with Crippen LogP contribution >= 0.6 is 0 Å². The van der Waals surface area contributed by atoms with Crippen molar-refractivity contribution >= 4 is 23.9 Å². The summed E-state index contributed by atoms with van der Waals surface area (Å²) in [6, 6.07) is 0. The van der Waals surface area contributed by atoms with Crippen LogP contribution in [0.2, 0.25) is 0 Å². The van der Waals surface area contributed by atoms with Gasteiger partial charge >= 0.3 is 23.9 Å². The molecule has 0 aliphatic heterocycles. The van der Waals surface area contributed by atoms with Gasteiger partial charge in [-0.2, -0.15) is 0 Å². The molecule has 0 bridgehead atoms. The zero-order chi connectivity index (χ0) is 16.5. The van der Waals surface area contributed by atoms with Crippen molar-refractivity contribution in [1.29, 1.82) is 0 Å². The van der Waals surface area contributed by atoms with Crippen LogP contribution in [0.3, 0.4) is 0 Å². The summed E-state index contributed by atoms with van der Waals surface area (Å²) in [5.41, 5.74) is -0.275. The summed E-state index contributed by atoms with van der Waals surface area (Å²) < 4.78 is 13.5. The van der Waals surface area contributed by atoms with Crippen LogP contribution in [0.15, 0.2) is 12.2 Å². The van der Waals surface area contributed by atoms with Gasteiger partial charge in [0.05, 0.1) is 20.0 Å². The average molecular weight is 300 g/mol. The highest BCUT2D eigenvalue weighted by molar-refractivity contribution is 5.91. The molecule has 0 saturated heterocycles. The summed E-state index contributed by atoms with van der Waals surface area (Å²) in [4.78, 5) is 44.5. The lowest BCUT2D eigenvalue weighted by Gasteiger charge is -2.15. The molecule has 0 aliphatic rings. The van der Waals surface area contributed by atoms with E-state index in [0.29, 0.717) is 0 Å². The fraction of sp³-hybridized carbons (Fsp3) is 0.571.